The molecular formula is C20H23N3O3S. The fourth-order valence-electron chi connectivity index (χ4n) is 4.76. The molecule has 27 heavy (non-hydrogen) atoms. The number of rotatable bonds is 6. The maximum atomic E-state index is 13.4. The molecular weight excluding hydrogens is 362 g/mol. The number of amides is 2. The number of hydrogen-bond acceptors (Lipinski definition) is 5. The number of aliphatic hydroxyl groups excluding tert-OH is 1. The van der Waals surface area contributed by atoms with Gasteiger partial charge in [0, 0.05) is 30.4 Å². The van der Waals surface area contributed by atoms with E-state index in [0.29, 0.717) is 19.4 Å². The molecule has 0 aliphatic carbocycles. The van der Waals surface area contributed by atoms with Gasteiger partial charge in [0.05, 0.1) is 16.6 Å². The lowest BCUT2D eigenvalue weighted by Crippen LogP contribution is -2.51. The number of benzene rings is 1. The number of carbonyl (C=O) groups excluding carboxylic acids is 2. The zero-order valence-corrected chi connectivity index (χ0v) is 15.8. The quantitative estimate of drug-likeness (QED) is 0.794. The number of aromatic nitrogens is 1. The van der Waals surface area contributed by atoms with Gasteiger partial charge in [0.25, 0.3) is 0 Å². The SMILES string of the molecule is O=C(CO)N1[C@@H]2CC[C@H]1[C@@](Cc1cscn1)(C(=O)NCc1ccccc1)C2. The molecule has 7 heteroatoms. The van der Waals surface area contributed by atoms with Crippen molar-refractivity contribution in [1.82, 2.24) is 15.2 Å². The van der Waals surface area contributed by atoms with Crippen LogP contribution in [0.5, 0.6) is 0 Å². The molecule has 142 valence electrons. The summed E-state index contributed by atoms with van der Waals surface area (Å²) in [4.78, 5) is 31.8. The summed E-state index contributed by atoms with van der Waals surface area (Å²) in [6.45, 7) is -0.0464. The summed E-state index contributed by atoms with van der Waals surface area (Å²) in [7, 11) is 0. The first-order chi connectivity index (χ1) is 13.1. The van der Waals surface area contributed by atoms with E-state index in [0.717, 1.165) is 24.1 Å². The highest BCUT2D eigenvalue weighted by Gasteiger charge is 2.61. The molecule has 0 spiro atoms. The Bertz CT molecular complexity index is 811. The Labute approximate surface area is 162 Å². The Morgan fingerprint density at radius 2 is 2.11 bits per heavy atom. The van der Waals surface area contributed by atoms with Gasteiger partial charge in [0.1, 0.15) is 6.61 Å². The van der Waals surface area contributed by atoms with Crippen molar-refractivity contribution in [3.8, 4) is 0 Å². The Balaban J connectivity index is 1.59. The monoisotopic (exact) mass is 385 g/mol. The van der Waals surface area contributed by atoms with E-state index in [-0.39, 0.29) is 23.9 Å². The third-order valence-corrected chi connectivity index (χ3v) is 6.53. The first kappa shape index (κ1) is 18.1. The minimum Gasteiger partial charge on any atom is -0.387 e. The Kier molecular flexibility index (Phi) is 4.97. The molecule has 0 saturated carbocycles. The number of fused-ring (bicyclic) bond motifs is 2. The Hall–Kier alpha value is -2.25. The summed E-state index contributed by atoms with van der Waals surface area (Å²) in [5.41, 5.74) is 3.02. The van der Waals surface area contributed by atoms with Crippen LogP contribution >= 0.6 is 11.3 Å². The van der Waals surface area contributed by atoms with E-state index < -0.39 is 12.0 Å². The highest BCUT2D eigenvalue weighted by molar-refractivity contribution is 7.07. The summed E-state index contributed by atoms with van der Waals surface area (Å²) in [6, 6.07) is 9.65. The minimum absolute atomic E-state index is 0.0239. The molecule has 2 N–H and O–H groups in total. The highest BCUT2D eigenvalue weighted by atomic mass is 32.1. The second kappa shape index (κ2) is 7.40. The van der Waals surface area contributed by atoms with Crippen LogP contribution in [0.15, 0.2) is 41.2 Å². The molecule has 3 heterocycles. The van der Waals surface area contributed by atoms with Crippen molar-refractivity contribution < 1.29 is 14.7 Å². The first-order valence-electron chi connectivity index (χ1n) is 9.25. The number of carbonyl (C=O) groups is 2. The van der Waals surface area contributed by atoms with E-state index in [1.54, 1.807) is 10.4 Å². The molecule has 6 nitrogen and oxygen atoms in total. The van der Waals surface area contributed by atoms with Crippen LogP contribution in [0.2, 0.25) is 0 Å². The van der Waals surface area contributed by atoms with E-state index >= 15 is 0 Å². The normalized spacial score (nSPS) is 26.3. The average Bonchev–Trinajstić information content (AvgIpc) is 3.42. The molecule has 1 aromatic heterocycles. The Morgan fingerprint density at radius 1 is 1.30 bits per heavy atom. The van der Waals surface area contributed by atoms with Gasteiger partial charge in [-0.15, -0.1) is 11.3 Å². The van der Waals surface area contributed by atoms with E-state index in [4.69, 9.17) is 0 Å². The van der Waals surface area contributed by atoms with Crippen molar-refractivity contribution in [3.63, 3.8) is 0 Å². The van der Waals surface area contributed by atoms with Gasteiger partial charge in [0.15, 0.2) is 0 Å². The first-order valence-corrected chi connectivity index (χ1v) is 10.2. The summed E-state index contributed by atoms with van der Waals surface area (Å²) in [5.74, 6) is -0.305. The summed E-state index contributed by atoms with van der Waals surface area (Å²) in [6.07, 6.45) is 2.83. The third-order valence-electron chi connectivity index (χ3n) is 5.89. The smallest absolute Gasteiger partial charge is 0.248 e. The van der Waals surface area contributed by atoms with Crippen LogP contribution in [0.25, 0.3) is 0 Å². The summed E-state index contributed by atoms with van der Waals surface area (Å²) < 4.78 is 0. The van der Waals surface area contributed by atoms with Gasteiger partial charge in [0.2, 0.25) is 11.8 Å². The molecule has 2 bridgehead atoms. The van der Waals surface area contributed by atoms with Crippen LogP contribution in [-0.2, 0) is 22.6 Å². The molecule has 2 aliphatic heterocycles. The van der Waals surface area contributed by atoms with Gasteiger partial charge in [-0.3, -0.25) is 9.59 Å². The van der Waals surface area contributed by atoms with Crippen molar-refractivity contribution in [3.05, 3.63) is 52.5 Å². The van der Waals surface area contributed by atoms with E-state index in [2.05, 4.69) is 10.3 Å². The zero-order valence-electron chi connectivity index (χ0n) is 15.0. The lowest BCUT2D eigenvalue weighted by Gasteiger charge is -2.35. The second-order valence-corrected chi connectivity index (χ2v) is 8.11. The van der Waals surface area contributed by atoms with Crippen molar-refractivity contribution in [2.45, 2.75) is 44.3 Å². The molecule has 2 saturated heterocycles. The number of hydrogen-bond donors (Lipinski definition) is 2. The zero-order chi connectivity index (χ0) is 18.9. The largest absolute Gasteiger partial charge is 0.387 e. The fraction of sp³-hybridized carbons (Fsp3) is 0.450. The van der Waals surface area contributed by atoms with Crippen LogP contribution in [-0.4, -0.2) is 45.5 Å². The highest BCUT2D eigenvalue weighted by Crippen LogP contribution is 2.51. The standard InChI is InChI=1S/C20H23N3O3S/c24-11-18(25)23-16-6-7-17(23)20(9-16,8-15-12-27-13-22-15)19(26)21-10-14-4-2-1-3-5-14/h1-5,12-13,16-17,24H,6-11H2,(H,21,26)/t16-,17+,20+/m1/s1. The maximum absolute atomic E-state index is 13.4. The fourth-order valence-corrected chi connectivity index (χ4v) is 5.32. The molecule has 2 aromatic rings. The van der Waals surface area contributed by atoms with Gasteiger partial charge in [-0.2, -0.15) is 0 Å². The summed E-state index contributed by atoms with van der Waals surface area (Å²) in [5, 5.41) is 14.4. The second-order valence-electron chi connectivity index (χ2n) is 7.39. The van der Waals surface area contributed by atoms with E-state index in [9.17, 15) is 14.7 Å². The molecule has 0 radical (unpaired) electrons. The lowest BCUT2D eigenvalue weighted by molar-refractivity contribution is -0.138. The van der Waals surface area contributed by atoms with Gasteiger partial charge in [-0.25, -0.2) is 4.98 Å². The van der Waals surface area contributed by atoms with Crippen molar-refractivity contribution in [2.75, 3.05) is 6.61 Å². The van der Waals surface area contributed by atoms with Crippen LogP contribution in [0.1, 0.15) is 30.5 Å². The molecule has 0 unspecified atom stereocenters. The number of aliphatic hydroxyl groups is 1. The predicted molar refractivity (Wildman–Crippen MR) is 102 cm³/mol. The maximum Gasteiger partial charge on any atom is 0.248 e. The number of thiazole rings is 1. The van der Waals surface area contributed by atoms with Gasteiger partial charge in [-0.05, 0) is 24.8 Å². The van der Waals surface area contributed by atoms with Crippen LogP contribution < -0.4 is 5.32 Å². The lowest BCUT2D eigenvalue weighted by atomic mass is 9.70. The minimum atomic E-state index is -0.684. The summed E-state index contributed by atoms with van der Waals surface area (Å²) >= 11 is 1.51. The average molecular weight is 385 g/mol. The van der Waals surface area contributed by atoms with Crippen molar-refractivity contribution >= 4 is 23.2 Å². The molecule has 2 aliphatic rings. The number of nitrogens with one attached hydrogen (secondary N) is 1. The van der Waals surface area contributed by atoms with Crippen LogP contribution in [0.4, 0.5) is 0 Å². The predicted octanol–water partition coefficient (Wildman–Crippen LogP) is 1.74. The molecule has 2 amide bonds. The van der Waals surface area contributed by atoms with Crippen molar-refractivity contribution in [2.24, 2.45) is 5.41 Å². The topological polar surface area (TPSA) is 82.5 Å². The van der Waals surface area contributed by atoms with Crippen LogP contribution in [0, 0.1) is 5.41 Å². The van der Waals surface area contributed by atoms with E-state index in [1.807, 2.05) is 35.7 Å². The molecule has 1 aromatic carbocycles. The van der Waals surface area contributed by atoms with Gasteiger partial charge < -0.3 is 15.3 Å². The third kappa shape index (κ3) is 3.26. The van der Waals surface area contributed by atoms with Crippen LogP contribution in [0.3, 0.4) is 0 Å². The van der Waals surface area contributed by atoms with E-state index in [1.165, 1.54) is 11.3 Å². The van der Waals surface area contributed by atoms with Crippen molar-refractivity contribution in [1.29, 1.82) is 0 Å². The molecule has 3 atom stereocenters. The molecule has 2 fully saturated rings. The Morgan fingerprint density at radius 3 is 2.81 bits per heavy atom. The number of nitrogens with zero attached hydrogens (tertiary/aromatic N) is 2. The van der Waals surface area contributed by atoms with Gasteiger partial charge >= 0.3 is 0 Å². The molecule has 4 rings (SSSR count). The van der Waals surface area contributed by atoms with Gasteiger partial charge in [-0.1, -0.05) is 30.3 Å².